The van der Waals surface area contributed by atoms with E-state index in [1.807, 2.05) is 29.0 Å². The van der Waals surface area contributed by atoms with Gasteiger partial charge >= 0.3 is 0 Å². The van der Waals surface area contributed by atoms with Gasteiger partial charge in [-0.3, -0.25) is 9.59 Å². The first-order chi connectivity index (χ1) is 13.5. The van der Waals surface area contributed by atoms with Gasteiger partial charge in [0.1, 0.15) is 11.0 Å². The van der Waals surface area contributed by atoms with Crippen molar-refractivity contribution in [2.75, 3.05) is 0 Å². The number of carbonyl (C=O) groups excluding carboxylic acids is 2. The first kappa shape index (κ1) is 19.1. The molecule has 2 atom stereocenters. The van der Waals surface area contributed by atoms with Gasteiger partial charge in [-0.05, 0) is 52.2 Å². The Morgan fingerprint density at radius 3 is 2.61 bits per heavy atom. The number of ketones is 1. The van der Waals surface area contributed by atoms with Gasteiger partial charge in [-0.2, -0.15) is 11.3 Å². The van der Waals surface area contributed by atoms with Crippen LogP contribution in [0.2, 0.25) is 5.02 Å². The van der Waals surface area contributed by atoms with Crippen LogP contribution in [-0.2, 0) is 15.1 Å². The van der Waals surface area contributed by atoms with E-state index in [1.165, 1.54) is 11.3 Å². The molecule has 2 aromatic carbocycles. The Morgan fingerprint density at radius 2 is 1.93 bits per heavy atom. The fourth-order valence-corrected chi connectivity index (χ4v) is 5.37. The number of thioether (sulfide) groups is 1. The van der Waals surface area contributed by atoms with Crippen LogP contribution in [0, 0.1) is 0 Å². The number of piperidine rings is 1. The van der Waals surface area contributed by atoms with Gasteiger partial charge in [0.05, 0.1) is 10.6 Å². The number of carbonyl (C=O) groups is 2. The Morgan fingerprint density at radius 1 is 1.11 bits per heavy atom. The van der Waals surface area contributed by atoms with E-state index in [4.69, 9.17) is 11.6 Å². The molecular formula is C21H16ClNO3S2. The number of benzene rings is 2. The number of Topliss-reactive ketones (excluding diaryl/α,β-unsaturated/α-hetero) is 1. The van der Waals surface area contributed by atoms with E-state index in [0.717, 1.165) is 17.3 Å². The van der Waals surface area contributed by atoms with Gasteiger partial charge in [0.25, 0.3) is 0 Å². The zero-order chi connectivity index (χ0) is 19.7. The maximum atomic E-state index is 13.1. The smallest absolute Gasteiger partial charge is 0.242 e. The largest absolute Gasteiger partial charge is 0.508 e. The van der Waals surface area contributed by atoms with Crippen molar-refractivity contribution in [3.05, 3.63) is 81.5 Å². The van der Waals surface area contributed by atoms with Gasteiger partial charge in [0.15, 0.2) is 5.78 Å². The topological polar surface area (TPSA) is 66.4 Å². The number of halogens is 1. The fourth-order valence-electron chi connectivity index (χ4n) is 3.40. The zero-order valence-electron chi connectivity index (χ0n) is 14.6. The maximum absolute atomic E-state index is 13.1. The first-order valence-electron chi connectivity index (χ1n) is 8.58. The third-order valence-corrected chi connectivity index (χ3v) is 7.19. The fraction of sp³-hybridized carbons (Fsp3) is 0.143. The molecule has 142 valence electrons. The molecule has 1 saturated heterocycles. The summed E-state index contributed by atoms with van der Waals surface area (Å²) in [5.74, 6) is -0.458. The Kier molecular flexibility index (Phi) is 5.19. The minimum Gasteiger partial charge on any atom is -0.508 e. The molecule has 3 aromatic rings. The molecule has 0 radical (unpaired) electrons. The number of hydrogen-bond donors (Lipinski definition) is 2. The highest BCUT2D eigenvalue weighted by atomic mass is 35.5. The summed E-state index contributed by atoms with van der Waals surface area (Å²) in [7, 11) is 0. The number of phenolic OH excluding ortho intramolecular Hbond substituents is 1. The highest BCUT2D eigenvalue weighted by Gasteiger charge is 2.47. The van der Waals surface area contributed by atoms with Gasteiger partial charge in [0, 0.05) is 11.3 Å². The summed E-state index contributed by atoms with van der Waals surface area (Å²) < 4.78 is 0. The predicted octanol–water partition coefficient (Wildman–Crippen LogP) is 4.60. The molecule has 0 aliphatic carbocycles. The molecule has 0 saturated carbocycles. The zero-order valence-corrected chi connectivity index (χ0v) is 17.0. The lowest BCUT2D eigenvalue weighted by Crippen LogP contribution is -2.57. The Labute approximate surface area is 175 Å². The summed E-state index contributed by atoms with van der Waals surface area (Å²) in [4.78, 5) is 26.8. The molecule has 1 aromatic heterocycles. The minimum atomic E-state index is -0.996. The van der Waals surface area contributed by atoms with Gasteiger partial charge in [0.2, 0.25) is 5.91 Å². The van der Waals surface area contributed by atoms with Crippen LogP contribution in [-0.4, -0.2) is 22.0 Å². The quantitative estimate of drug-likeness (QED) is 0.595. The highest BCUT2D eigenvalue weighted by molar-refractivity contribution is 8.01. The van der Waals surface area contributed by atoms with Crippen LogP contribution in [0.5, 0.6) is 5.75 Å². The molecule has 4 rings (SSSR count). The lowest BCUT2D eigenvalue weighted by molar-refractivity contribution is -0.132. The summed E-state index contributed by atoms with van der Waals surface area (Å²) in [5, 5.41) is 16.5. The molecule has 0 bridgehead atoms. The second-order valence-electron chi connectivity index (χ2n) is 6.53. The Balaban J connectivity index is 1.71. The van der Waals surface area contributed by atoms with Crippen LogP contribution in [0.1, 0.15) is 17.5 Å². The third kappa shape index (κ3) is 3.43. The summed E-state index contributed by atoms with van der Waals surface area (Å²) >= 11 is 8.85. The summed E-state index contributed by atoms with van der Waals surface area (Å²) in [6.45, 7) is 0. The number of phenols is 1. The van der Waals surface area contributed by atoms with Crippen molar-refractivity contribution in [1.29, 1.82) is 0 Å². The van der Waals surface area contributed by atoms with E-state index in [1.54, 1.807) is 36.4 Å². The van der Waals surface area contributed by atoms with Gasteiger partial charge in [-0.25, -0.2) is 0 Å². The van der Waals surface area contributed by atoms with Crippen molar-refractivity contribution in [3.8, 4) is 5.75 Å². The van der Waals surface area contributed by atoms with E-state index >= 15 is 0 Å². The number of nitrogens with one attached hydrogen (secondary N) is 1. The highest BCUT2D eigenvalue weighted by Crippen LogP contribution is 2.42. The maximum Gasteiger partial charge on any atom is 0.242 e. The van der Waals surface area contributed by atoms with Crippen molar-refractivity contribution in [1.82, 2.24) is 5.32 Å². The molecular weight excluding hydrogens is 414 g/mol. The van der Waals surface area contributed by atoms with Crippen molar-refractivity contribution in [2.45, 2.75) is 22.1 Å². The van der Waals surface area contributed by atoms with Crippen molar-refractivity contribution < 1.29 is 14.7 Å². The summed E-state index contributed by atoms with van der Waals surface area (Å²) in [6.07, 6.45) is 0.0983. The van der Waals surface area contributed by atoms with E-state index in [-0.39, 0.29) is 23.9 Å². The average molecular weight is 430 g/mol. The first-order valence-corrected chi connectivity index (χ1v) is 10.8. The average Bonchev–Trinajstić information content (AvgIpc) is 3.21. The second kappa shape index (κ2) is 7.62. The van der Waals surface area contributed by atoms with E-state index in [0.29, 0.717) is 15.5 Å². The van der Waals surface area contributed by atoms with Gasteiger partial charge < -0.3 is 10.4 Å². The molecule has 1 fully saturated rings. The number of aromatic hydroxyl groups is 1. The monoisotopic (exact) mass is 429 g/mol. The number of hydrogen-bond acceptors (Lipinski definition) is 5. The van der Waals surface area contributed by atoms with Crippen molar-refractivity contribution in [2.24, 2.45) is 0 Å². The molecule has 1 aliphatic rings. The number of thiophene rings is 1. The lowest BCUT2D eigenvalue weighted by atomic mass is 9.77. The van der Waals surface area contributed by atoms with Gasteiger partial charge in [-0.15, -0.1) is 11.8 Å². The summed E-state index contributed by atoms with van der Waals surface area (Å²) in [6, 6.07) is 15.7. The molecule has 4 nitrogen and oxygen atoms in total. The van der Waals surface area contributed by atoms with Gasteiger partial charge in [-0.1, -0.05) is 35.9 Å². The van der Waals surface area contributed by atoms with Crippen LogP contribution in [0.25, 0.3) is 0 Å². The third-order valence-electron chi connectivity index (χ3n) is 4.74. The van der Waals surface area contributed by atoms with Crippen LogP contribution in [0.15, 0.2) is 70.3 Å². The normalized spacial score (nSPS) is 22.1. The Hall–Kier alpha value is -2.28. The molecule has 1 amide bonds. The van der Waals surface area contributed by atoms with E-state index < -0.39 is 10.8 Å². The molecule has 28 heavy (non-hydrogen) atoms. The molecule has 0 unspecified atom stereocenters. The Bertz CT molecular complexity index is 1020. The summed E-state index contributed by atoms with van der Waals surface area (Å²) in [5.41, 5.74) is 0.504. The standard InChI is InChI=1S/C21H16ClNO3S2/c22-16-6-1-2-7-18(16)28-19-17(25)11-21(23-20(19)26,14-8-9-27-12-14)13-4-3-5-15(24)10-13/h1-10,12,19,24H,11H2,(H,23,26)/t19-,21-/m1/s1. The van der Waals surface area contributed by atoms with Crippen LogP contribution in [0.4, 0.5) is 0 Å². The van der Waals surface area contributed by atoms with E-state index in [2.05, 4.69) is 5.32 Å². The predicted molar refractivity (Wildman–Crippen MR) is 112 cm³/mol. The molecule has 2 N–H and O–H groups in total. The van der Waals surface area contributed by atoms with Crippen LogP contribution < -0.4 is 5.32 Å². The molecule has 2 heterocycles. The van der Waals surface area contributed by atoms with Crippen LogP contribution in [0.3, 0.4) is 0 Å². The second-order valence-corrected chi connectivity index (χ2v) is 8.86. The number of amides is 1. The molecule has 0 spiro atoms. The molecule has 7 heteroatoms. The molecule has 1 aliphatic heterocycles. The van der Waals surface area contributed by atoms with E-state index in [9.17, 15) is 14.7 Å². The SMILES string of the molecule is O=C1C[C@](c2ccsc2)(c2cccc(O)c2)NC(=O)[C@@H]1Sc1ccccc1Cl. The minimum absolute atomic E-state index is 0.0846. The number of rotatable bonds is 4. The lowest BCUT2D eigenvalue weighted by Gasteiger charge is -2.40. The van der Waals surface area contributed by atoms with Crippen molar-refractivity contribution in [3.63, 3.8) is 0 Å². The van der Waals surface area contributed by atoms with Crippen LogP contribution >= 0.6 is 34.7 Å². The van der Waals surface area contributed by atoms with Crippen molar-refractivity contribution >= 4 is 46.4 Å².